The first-order valence-electron chi connectivity index (χ1n) is 9.29. The van der Waals surface area contributed by atoms with Crippen LogP contribution < -0.4 is 10.1 Å². The van der Waals surface area contributed by atoms with Gasteiger partial charge in [-0.15, -0.1) is 0 Å². The van der Waals surface area contributed by atoms with Crippen molar-refractivity contribution >= 4 is 46.8 Å². The zero-order valence-corrected chi connectivity index (χ0v) is 18.0. The van der Waals surface area contributed by atoms with Gasteiger partial charge in [0.1, 0.15) is 24.0 Å². The first kappa shape index (κ1) is 22.9. The van der Waals surface area contributed by atoms with Gasteiger partial charge in [-0.05, 0) is 48.0 Å². The lowest BCUT2D eigenvalue weighted by atomic mass is 10.1. The Kier molecular flexibility index (Phi) is 7.50. The maximum Gasteiger partial charge on any atom is 0.335 e. The van der Waals surface area contributed by atoms with E-state index in [0.717, 1.165) is 0 Å². The highest BCUT2D eigenvalue weighted by Gasteiger charge is 2.15. The number of hydrogen-bond donors (Lipinski definition) is 2. The summed E-state index contributed by atoms with van der Waals surface area (Å²) >= 11 is 12.4. The van der Waals surface area contributed by atoms with Gasteiger partial charge in [0.2, 0.25) is 0 Å². The minimum Gasteiger partial charge on any atom is -0.487 e. The maximum absolute atomic E-state index is 12.5. The van der Waals surface area contributed by atoms with Crippen molar-refractivity contribution in [1.82, 2.24) is 0 Å². The summed E-state index contributed by atoms with van der Waals surface area (Å²) in [5, 5.41) is 21.7. The molecule has 0 aliphatic rings. The molecule has 2 N–H and O–H groups in total. The lowest BCUT2D eigenvalue weighted by Gasteiger charge is -2.13. The van der Waals surface area contributed by atoms with Gasteiger partial charge in [-0.1, -0.05) is 53.5 Å². The number of rotatable bonds is 7. The number of carboxylic acid groups (broad SMARTS) is 1. The van der Waals surface area contributed by atoms with Crippen molar-refractivity contribution in [2.75, 3.05) is 5.32 Å². The number of carbonyl (C=O) groups is 2. The third-order valence-electron chi connectivity index (χ3n) is 4.32. The van der Waals surface area contributed by atoms with Gasteiger partial charge in [0.05, 0.1) is 10.6 Å². The van der Waals surface area contributed by atoms with Crippen LogP contribution in [-0.2, 0) is 11.4 Å². The number of nitrogens with zero attached hydrogens (tertiary/aromatic N) is 1. The number of para-hydroxylation sites is 1. The number of ether oxygens (including phenoxy) is 1. The van der Waals surface area contributed by atoms with E-state index in [1.165, 1.54) is 30.3 Å². The van der Waals surface area contributed by atoms with Gasteiger partial charge in [-0.2, -0.15) is 5.26 Å². The Hall–Kier alpha value is -3.79. The fourth-order valence-corrected chi connectivity index (χ4v) is 3.33. The number of halogens is 2. The van der Waals surface area contributed by atoms with Crippen LogP contribution in [0.15, 0.2) is 72.3 Å². The Labute approximate surface area is 194 Å². The highest BCUT2D eigenvalue weighted by molar-refractivity contribution is 6.36. The van der Waals surface area contributed by atoms with Crippen molar-refractivity contribution in [2.45, 2.75) is 6.61 Å². The third-order valence-corrected chi connectivity index (χ3v) is 4.82. The SMILES string of the molecule is N#C/C(=C\c1cc(Cl)cc(Cl)c1OCc1ccc(C(=O)O)cc1)C(=O)Nc1ccccc1. The van der Waals surface area contributed by atoms with Gasteiger partial charge in [0.15, 0.2) is 0 Å². The van der Waals surface area contributed by atoms with Crippen molar-refractivity contribution < 1.29 is 19.4 Å². The summed E-state index contributed by atoms with van der Waals surface area (Å²) in [6.45, 7) is 0.0835. The first-order valence-corrected chi connectivity index (χ1v) is 10.0. The molecule has 0 saturated carbocycles. The minimum atomic E-state index is -1.02. The molecule has 0 atom stereocenters. The van der Waals surface area contributed by atoms with Crippen LogP contribution in [0.2, 0.25) is 10.0 Å². The zero-order chi connectivity index (χ0) is 23.1. The average molecular weight is 467 g/mol. The molecule has 0 saturated heterocycles. The molecule has 0 radical (unpaired) electrons. The Bertz CT molecular complexity index is 1220. The smallest absolute Gasteiger partial charge is 0.335 e. The van der Waals surface area contributed by atoms with E-state index in [9.17, 15) is 14.9 Å². The van der Waals surface area contributed by atoms with E-state index < -0.39 is 11.9 Å². The molecule has 160 valence electrons. The van der Waals surface area contributed by atoms with Crippen LogP contribution in [0.25, 0.3) is 6.08 Å². The summed E-state index contributed by atoms with van der Waals surface area (Å²) in [6, 6.07) is 19.8. The van der Waals surface area contributed by atoms with Gasteiger partial charge < -0.3 is 15.2 Å². The minimum absolute atomic E-state index is 0.0835. The van der Waals surface area contributed by atoms with Crippen LogP contribution in [0.4, 0.5) is 5.69 Å². The molecule has 0 bridgehead atoms. The highest BCUT2D eigenvalue weighted by atomic mass is 35.5. The number of amides is 1. The molecule has 3 aromatic carbocycles. The topological polar surface area (TPSA) is 99.4 Å². The number of carbonyl (C=O) groups excluding carboxylic acids is 1. The molecule has 8 heteroatoms. The number of nitriles is 1. The summed E-state index contributed by atoms with van der Waals surface area (Å²) < 4.78 is 5.83. The molecule has 0 aliphatic carbocycles. The predicted octanol–water partition coefficient (Wildman–Crippen LogP) is 5.82. The monoisotopic (exact) mass is 466 g/mol. The molecule has 0 heterocycles. The van der Waals surface area contributed by atoms with E-state index in [1.807, 2.05) is 12.1 Å². The number of nitrogens with one attached hydrogen (secondary N) is 1. The van der Waals surface area contributed by atoms with Crippen molar-refractivity contribution in [3.8, 4) is 11.8 Å². The molecular formula is C24H16Cl2N2O4. The second-order valence-electron chi connectivity index (χ2n) is 6.59. The lowest BCUT2D eigenvalue weighted by Crippen LogP contribution is -2.13. The van der Waals surface area contributed by atoms with E-state index in [-0.39, 0.29) is 28.5 Å². The van der Waals surface area contributed by atoms with Gasteiger partial charge in [-0.3, -0.25) is 4.79 Å². The van der Waals surface area contributed by atoms with Crippen molar-refractivity contribution in [3.63, 3.8) is 0 Å². The van der Waals surface area contributed by atoms with Crippen molar-refractivity contribution in [3.05, 3.63) is 99.0 Å². The zero-order valence-electron chi connectivity index (χ0n) is 16.5. The highest BCUT2D eigenvalue weighted by Crippen LogP contribution is 2.34. The summed E-state index contributed by atoms with van der Waals surface area (Å²) in [6.07, 6.45) is 1.35. The number of benzene rings is 3. The van der Waals surface area contributed by atoms with E-state index in [1.54, 1.807) is 36.4 Å². The second-order valence-corrected chi connectivity index (χ2v) is 7.43. The molecule has 3 aromatic rings. The maximum atomic E-state index is 12.5. The van der Waals surface area contributed by atoms with E-state index in [4.69, 9.17) is 33.0 Å². The normalized spacial score (nSPS) is 10.8. The van der Waals surface area contributed by atoms with Gasteiger partial charge in [-0.25, -0.2) is 4.79 Å². The predicted molar refractivity (Wildman–Crippen MR) is 123 cm³/mol. The molecule has 0 unspecified atom stereocenters. The number of hydrogen-bond acceptors (Lipinski definition) is 4. The number of aromatic carboxylic acids is 1. The van der Waals surface area contributed by atoms with Crippen LogP contribution in [0.1, 0.15) is 21.5 Å². The van der Waals surface area contributed by atoms with Crippen LogP contribution >= 0.6 is 23.2 Å². The fourth-order valence-electron chi connectivity index (χ4n) is 2.76. The van der Waals surface area contributed by atoms with Crippen LogP contribution in [0.3, 0.4) is 0 Å². The van der Waals surface area contributed by atoms with Crippen LogP contribution in [-0.4, -0.2) is 17.0 Å². The van der Waals surface area contributed by atoms with E-state index in [2.05, 4.69) is 5.32 Å². The molecular weight excluding hydrogens is 451 g/mol. The summed E-state index contributed by atoms with van der Waals surface area (Å²) in [7, 11) is 0. The summed E-state index contributed by atoms with van der Waals surface area (Å²) in [5.74, 6) is -1.38. The van der Waals surface area contributed by atoms with Crippen molar-refractivity contribution in [1.29, 1.82) is 5.26 Å². The second kappa shape index (κ2) is 10.5. The Morgan fingerprint density at radius 3 is 2.38 bits per heavy atom. The summed E-state index contributed by atoms with van der Waals surface area (Å²) in [5.41, 5.74) is 1.60. The first-order chi connectivity index (χ1) is 15.4. The standard InChI is InChI=1S/C24H16Cl2N2O4/c25-19-11-17(10-18(13-27)23(29)28-20-4-2-1-3-5-20)22(21(26)12-19)32-14-15-6-8-16(9-7-15)24(30)31/h1-12H,14H2,(H,28,29)(H,30,31)/b18-10+. The number of carboxylic acids is 1. The largest absolute Gasteiger partial charge is 0.487 e. The molecule has 3 rings (SSSR count). The molecule has 0 aliphatic heterocycles. The van der Waals surface area contributed by atoms with Gasteiger partial charge in [0.25, 0.3) is 5.91 Å². The Morgan fingerprint density at radius 1 is 1.06 bits per heavy atom. The molecule has 32 heavy (non-hydrogen) atoms. The van der Waals surface area contributed by atoms with Crippen molar-refractivity contribution in [2.24, 2.45) is 0 Å². The third kappa shape index (κ3) is 5.88. The van der Waals surface area contributed by atoms with E-state index in [0.29, 0.717) is 21.8 Å². The molecule has 1 amide bonds. The van der Waals surface area contributed by atoms with Gasteiger partial charge in [0, 0.05) is 16.3 Å². The van der Waals surface area contributed by atoms with Crippen LogP contribution in [0, 0.1) is 11.3 Å². The average Bonchev–Trinajstić information content (AvgIpc) is 2.77. The Morgan fingerprint density at radius 2 is 1.75 bits per heavy atom. The summed E-state index contributed by atoms with van der Waals surface area (Å²) in [4.78, 5) is 23.5. The quantitative estimate of drug-likeness (QED) is 0.337. The van der Waals surface area contributed by atoms with Crippen LogP contribution in [0.5, 0.6) is 5.75 Å². The fraction of sp³-hybridized carbons (Fsp3) is 0.0417. The molecule has 0 fully saturated rings. The lowest BCUT2D eigenvalue weighted by molar-refractivity contribution is -0.112. The molecule has 0 spiro atoms. The Balaban J connectivity index is 1.86. The molecule has 6 nitrogen and oxygen atoms in total. The molecule has 0 aromatic heterocycles. The van der Waals surface area contributed by atoms with Gasteiger partial charge >= 0.3 is 5.97 Å². The van der Waals surface area contributed by atoms with E-state index >= 15 is 0 Å². The number of anilines is 1.